The maximum absolute atomic E-state index is 5.62. The van der Waals surface area contributed by atoms with Gasteiger partial charge in [0.05, 0.1) is 11.4 Å². The summed E-state index contributed by atoms with van der Waals surface area (Å²) in [4.78, 5) is 16.7. The van der Waals surface area contributed by atoms with Crippen molar-refractivity contribution < 1.29 is 0 Å². The van der Waals surface area contributed by atoms with Gasteiger partial charge in [0.15, 0.2) is 11.3 Å². The Balaban J connectivity index is 0.957. The molecule has 11 aromatic rings. The fourth-order valence-electron chi connectivity index (χ4n) is 16.8. The van der Waals surface area contributed by atoms with Gasteiger partial charge in [0.1, 0.15) is 0 Å². The summed E-state index contributed by atoms with van der Waals surface area (Å²) in [6.45, 7) is 9.32. The smallest absolute Gasteiger partial charge is 0.162 e. The van der Waals surface area contributed by atoms with Crippen LogP contribution >= 0.6 is 0 Å². The van der Waals surface area contributed by atoms with Crippen molar-refractivity contribution in [1.82, 2.24) is 15.0 Å². The van der Waals surface area contributed by atoms with Crippen molar-refractivity contribution in [3.05, 3.63) is 210 Å². The molecule has 0 amide bonds. The Morgan fingerprint density at radius 2 is 0.543 bits per heavy atom. The Labute approximate surface area is 551 Å². The first-order chi connectivity index (χ1) is 45.5. The van der Waals surface area contributed by atoms with Crippen molar-refractivity contribution in [2.75, 3.05) is 0 Å². The number of nitrogens with zero attached hydrogens (tertiary/aromatic N) is 3. The second kappa shape index (κ2) is 29.5. The van der Waals surface area contributed by atoms with Crippen molar-refractivity contribution >= 4 is 43.6 Å². The zero-order valence-corrected chi connectivity index (χ0v) is 56.0. The lowest BCUT2D eigenvalue weighted by Crippen LogP contribution is -2.25. The second-order valence-electron chi connectivity index (χ2n) is 27.8. The van der Waals surface area contributed by atoms with Gasteiger partial charge in [0.2, 0.25) is 0 Å². The molecule has 0 bridgehead atoms. The number of fused-ring (bicyclic) bond motifs is 12. The van der Waals surface area contributed by atoms with E-state index in [1.54, 1.807) is 11.1 Å². The van der Waals surface area contributed by atoms with Gasteiger partial charge in [-0.15, -0.1) is 0 Å². The normalized spacial score (nSPS) is 13.5. The lowest BCUT2D eigenvalue weighted by molar-refractivity contribution is 0.398. The van der Waals surface area contributed by atoms with Crippen molar-refractivity contribution in [2.24, 2.45) is 0 Å². The van der Waals surface area contributed by atoms with E-state index in [9.17, 15) is 0 Å². The Morgan fingerprint density at radius 1 is 0.228 bits per heavy atom. The van der Waals surface area contributed by atoms with E-state index >= 15 is 0 Å². The van der Waals surface area contributed by atoms with Crippen molar-refractivity contribution in [3.8, 4) is 67.0 Å². The topological polar surface area (TPSA) is 38.7 Å². The number of hydrogen-bond acceptors (Lipinski definition) is 3. The zero-order chi connectivity index (χ0) is 62.7. The van der Waals surface area contributed by atoms with Crippen LogP contribution in [0.15, 0.2) is 188 Å². The van der Waals surface area contributed by atoms with Crippen LogP contribution in [0.1, 0.15) is 230 Å². The molecule has 3 heteroatoms. The van der Waals surface area contributed by atoms with Crippen molar-refractivity contribution in [3.63, 3.8) is 0 Å². The molecule has 3 heterocycles. The average molecular weight is 1210 g/mol. The number of pyridine rings is 3. The molecule has 0 saturated heterocycles. The van der Waals surface area contributed by atoms with Crippen LogP contribution in [0.3, 0.4) is 0 Å². The van der Waals surface area contributed by atoms with Gasteiger partial charge in [0, 0.05) is 43.5 Å². The summed E-state index contributed by atoms with van der Waals surface area (Å²) in [6, 6.07) is 72.2. The van der Waals surface area contributed by atoms with E-state index in [4.69, 9.17) is 15.0 Å². The lowest BCUT2D eigenvalue weighted by Gasteiger charge is -2.33. The van der Waals surface area contributed by atoms with Crippen LogP contribution in [-0.4, -0.2) is 15.0 Å². The third-order valence-electron chi connectivity index (χ3n) is 21.7. The Kier molecular flexibility index (Phi) is 20.2. The molecule has 8 aromatic carbocycles. The molecule has 0 fully saturated rings. The van der Waals surface area contributed by atoms with Gasteiger partial charge in [-0.1, -0.05) is 340 Å². The summed E-state index contributed by atoms with van der Waals surface area (Å²) in [5.41, 5.74) is 22.4. The zero-order valence-electron chi connectivity index (χ0n) is 56.0. The summed E-state index contributed by atoms with van der Waals surface area (Å²) in [6.07, 6.45) is 36.2. The van der Waals surface area contributed by atoms with Crippen LogP contribution in [0.4, 0.5) is 0 Å². The van der Waals surface area contributed by atoms with Gasteiger partial charge in [-0.05, 0) is 134 Å². The van der Waals surface area contributed by atoms with E-state index in [-0.39, 0.29) is 10.8 Å². The number of rotatable bonds is 32. The molecule has 2 aliphatic rings. The molecular weight excluding hydrogens is 1110 g/mol. The highest BCUT2D eigenvalue weighted by atomic mass is 14.9. The van der Waals surface area contributed by atoms with E-state index in [2.05, 4.69) is 216 Å². The molecule has 0 atom stereocenters. The highest BCUT2D eigenvalue weighted by Crippen LogP contribution is 2.57. The number of hydrogen-bond donors (Lipinski definition) is 0. The highest BCUT2D eigenvalue weighted by molar-refractivity contribution is 6.18. The highest BCUT2D eigenvalue weighted by Gasteiger charge is 2.44. The summed E-state index contributed by atoms with van der Waals surface area (Å²) < 4.78 is 0. The molecule has 0 spiro atoms. The van der Waals surface area contributed by atoms with Crippen molar-refractivity contribution in [1.29, 1.82) is 0 Å². The van der Waals surface area contributed by atoms with Gasteiger partial charge in [0.25, 0.3) is 0 Å². The monoisotopic (exact) mass is 1210 g/mol. The van der Waals surface area contributed by atoms with E-state index in [0.29, 0.717) is 0 Å². The predicted octanol–water partition coefficient (Wildman–Crippen LogP) is 26.7. The fraction of sp³-hybridized carbons (Fsp3) is 0.382. The van der Waals surface area contributed by atoms with Crippen LogP contribution in [0.5, 0.6) is 0 Å². The summed E-state index contributed by atoms with van der Waals surface area (Å²) >= 11 is 0. The van der Waals surface area contributed by atoms with E-state index in [1.165, 1.54) is 235 Å². The molecule has 3 nitrogen and oxygen atoms in total. The van der Waals surface area contributed by atoms with Gasteiger partial charge < -0.3 is 0 Å². The van der Waals surface area contributed by atoms with Crippen LogP contribution < -0.4 is 0 Å². The maximum atomic E-state index is 5.62. The SMILES string of the molecule is CCCCCCCCC1(CCCCCCCC)c2ccccc2-c2ccc(-c3ccc4c(-c5ccccc5)nc5nc6nc(-c7ccccc7)c7ccc(-c8ccc9c(c8)C(CCCCCCCC)(CCCCCCCC)c8ccccc8-9)cc7c6cc5c4c3)cc21. The van der Waals surface area contributed by atoms with Gasteiger partial charge in [-0.3, -0.25) is 0 Å². The molecule has 2 aliphatic carbocycles. The third-order valence-corrected chi connectivity index (χ3v) is 21.7. The number of benzene rings is 8. The maximum Gasteiger partial charge on any atom is 0.162 e. The number of unbranched alkanes of at least 4 members (excludes halogenated alkanes) is 20. The minimum atomic E-state index is -0.00520. The predicted molar refractivity (Wildman–Crippen MR) is 396 cm³/mol. The minimum absolute atomic E-state index is 0.00520. The molecule has 0 aliphatic heterocycles. The molecule has 470 valence electrons. The first-order valence-corrected chi connectivity index (χ1v) is 36.6. The van der Waals surface area contributed by atoms with E-state index < -0.39 is 0 Å². The molecule has 0 radical (unpaired) electrons. The fourth-order valence-corrected chi connectivity index (χ4v) is 16.8. The Hall–Kier alpha value is -7.75. The van der Waals surface area contributed by atoms with E-state index in [0.717, 1.165) is 66.1 Å². The lowest BCUT2D eigenvalue weighted by atomic mass is 9.70. The van der Waals surface area contributed by atoms with Gasteiger partial charge in [-0.25, -0.2) is 15.0 Å². The molecule has 13 rings (SSSR count). The minimum Gasteiger partial charge on any atom is -0.227 e. The average Bonchev–Trinajstić information content (AvgIpc) is 1.53. The van der Waals surface area contributed by atoms with Crippen LogP contribution in [-0.2, 0) is 10.8 Å². The molecule has 0 N–H and O–H groups in total. The van der Waals surface area contributed by atoms with Crippen molar-refractivity contribution in [2.45, 2.75) is 218 Å². The van der Waals surface area contributed by atoms with Gasteiger partial charge >= 0.3 is 0 Å². The molecule has 92 heavy (non-hydrogen) atoms. The van der Waals surface area contributed by atoms with Crippen LogP contribution in [0, 0.1) is 0 Å². The third kappa shape index (κ3) is 12.8. The largest absolute Gasteiger partial charge is 0.227 e. The quantitative estimate of drug-likeness (QED) is 0.0240. The molecule has 3 aromatic heterocycles. The molecular formula is C89H99N3. The first kappa shape index (κ1) is 63.0. The summed E-state index contributed by atoms with van der Waals surface area (Å²) in [7, 11) is 0. The Bertz CT molecular complexity index is 4000. The first-order valence-electron chi connectivity index (χ1n) is 36.6. The molecule has 0 unspecified atom stereocenters. The molecule has 0 saturated carbocycles. The van der Waals surface area contributed by atoms with E-state index in [1.807, 2.05) is 0 Å². The summed E-state index contributed by atoms with van der Waals surface area (Å²) in [5, 5.41) is 6.69. The van der Waals surface area contributed by atoms with Crippen LogP contribution in [0.2, 0.25) is 0 Å². The van der Waals surface area contributed by atoms with Crippen LogP contribution in [0.25, 0.3) is 111 Å². The second-order valence-corrected chi connectivity index (χ2v) is 27.8. The number of aromatic nitrogens is 3. The Morgan fingerprint density at radius 3 is 0.924 bits per heavy atom. The van der Waals surface area contributed by atoms with Gasteiger partial charge in [-0.2, -0.15) is 0 Å². The standard InChI is InChI=1S/C89H99N3/c1-5-9-13-17-21-35-55-88(56-36-22-18-14-10-6-2)80-45-33-31-43-70(80)72-51-47-68(61-82(72)88)66-49-53-74-76(59-66)78-63-79-77-60-67(50-54-75(77)85(65-41-29-26-30-42-65)91-87(79)92-86(78)90-84(74)64-39-27-25-28-40-64)69-48-52-73-71-44-32-34-46-81(71)89(83(73)62-69,57-37-23-19-15-11-7-3)58-38-24-20-16-12-8-4/h25-34,39-54,59-63H,5-24,35-38,55-58H2,1-4H3. The summed E-state index contributed by atoms with van der Waals surface area (Å²) in [5.74, 6) is 0.